The highest BCUT2D eigenvalue weighted by Crippen LogP contribution is 2.30. The van der Waals surface area contributed by atoms with Crippen LogP contribution in [0.5, 0.6) is 0 Å². The summed E-state index contributed by atoms with van der Waals surface area (Å²) in [6, 6.07) is 0. The topological polar surface area (TPSA) is 47.5 Å². The maximum absolute atomic E-state index is 5.90. The molecule has 2 saturated heterocycles. The van der Waals surface area contributed by atoms with Crippen molar-refractivity contribution in [2.75, 3.05) is 37.8 Å². The summed E-state index contributed by atoms with van der Waals surface area (Å²) in [5.41, 5.74) is -0.101. The molecule has 0 bridgehead atoms. The van der Waals surface area contributed by atoms with E-state index in [0.29, 0.717) is 6.61 Å². The van der Waals surface area contributed by atoms with Gasteiger partial charge in [0.2, 0.25) is 5.13 Å². The standard InChI is InChI=1S/C11H17N3O2S/c1-2-9-12-10(17-13-9)14-4-6-16-11(7-14)3-5-15-8-11/h2-8H2,1H3. The second kappa shape index (κ2) is 4.51. The average molecular weight is 255 g/mol. The maximum Gasteiger partial charge on any atom is 0.205 e. The summed E-state index contributed by atoms with van der Waals surface area (Å²) in [4.78, 5) is 6.83. The average Bonchev–Trinajstić information content (AvgIpc) is 2.99. The molecule has 1 atom stereocenters. The van der Waals surface area contributed by atoms with Crippen molar-refractivity contribution in [1.29, 1.82) is 0 Å². The van der Waals surface area contributed by atoms with Gasteiger partial charge in [0.15, 0.2) is 0 Å². The van der Waals surface area contributed by atoms with E-state index < -0.39 is 0 Å². The number of hydrogen-bond acceptors (Lipinski definition) is 6. The molecular weight excluding hydrogens is 238 g/mol. The molecule has 2 fully saturated rings. The Morgan fingerprint density at radius 3 is 3.12 bits per heavy atom. The van der Waals surface area contributed by atoms with Crippen molar-refractivity contribution in [2.45, 2.75) is 25.4 Å². The summed E-state index contributed by atoms with van der Waals surface area (Å²) in [6.07, 6.45) is 1.89. The SMILES string of the molecule is CCc1nsc(N2CCOC3(CCOC3)C2)n1. The van der Waals surface area contributed by atoms with Crippen LogP contribution in [0.4, 0.5) is 5.13 Å². The zero-order valence-electron chi connectivity index (χ0n) is 10.0. The van der Waals surface area contributed by atoms with Gasteiger partial charge in [-0.25, -0.2) is 4.98 Å². The third-order valence-corrected chi connectivity index (χ3v) is 4.17. The molecule has 0 amide bonds. The van der Waals surface area contributed by atoms with E-state index in [1.54, 1.807) is 0 Å². The zero-order chi connectivity index (χ0) is 11.7. The van der Waals surface area contributed by atoms with Gasteiger partial charge in [0, 0.05) is 37.5 Å². The number of aromatic nitrogens is 2. The molecule has 0 aromatic carbocycles. The van der Waals surface area contributed by atoms with Crippen molar-refractivity contribution < 1.29 is 9.47 Å². The van der Waals surface area contributed by atoms with E-state index in [9.17, 15) is 0 Å². The molecule has 0 radical (unpaired) electrons. The minimum Gasteiger partial charge on any atom is -0.378 e. The van der Waals surface area contributed by atoms with Gasteiger partial charge in [0.1, 0.15) is 11.4 Å². The van der Waals surface area contributed by atoms with Gasteiger partial charge in [-0.3, -0.25) is 0 Å². The molecule has 2 aliphatic heterocycles. The zero-order valence-corrected chi connectivity index (χ0v) is 10.8. The van der Waals surface area contributed by atoms with Gasteiger partial charge in [0.25, 0.3) is 0 Å². The van der Waals surface area contributed by atoms with Gasteiger partial charge < -0.3 is 14.4 Å². The van der Waals surface area contributed by atoms with Crippen LogP contribution in [0.3, 0.4) is 0 Å². The lowest BCUT2D eigenvalue weighted by Gasteiger charge is -2.39. The normalized spacial score (nSPS) is 29.1. The van der Waals surface area contributed by atoms with E-state index in [0.717, 1.165) is 50.1 Å². The molecule has 1 aromatic rings. The van der Waals surface area contributed by atoms with Gasteiger partial charge >= 0.3 is 0 Å². The number of morpholine rings is 1. The minimum atomic E-state index is -0.101. The molecule has 94 valence electrons. The van der Waals surface area contributed by atoms with E-state index in [4.69, 9.17) is 9.47 Å². The molecule has 17 heavy (non-hydrogen) atoms. The molecule has 1 aromatic heterocycles. The van der Waals surface area contributed by atoms with Gasteiger partial charge in [-0.2, -0.15) is 4.37 Å². The summed E-state index contributed by atoms with van der Waals surface area (Å²) < 4.78 is 15.7. The van der Waals surface area contributed by atoms with E-state index in [1.165, 1.54) is 11.5 Å². The van der Waals surface area contributed by atoms with Crippen LogP contribution in [0, 0.1) is 0 Å². The van der Waals surface area contributed by atoms with Gasteiger partial charge in [-0.15, -0.1) is 0 Å². The summed E-state index contributed by atoms with van der Waals surface area (Å²) >= 11 is 1.49. The van der Waals surface area contributed by atoms with Gasteiger partial charge in [-0.1, -0.05) is 6.92 Å². The highest BCUT2D eigenvalue weighted by molar-refractivity contribution is 7.09. The van der Waals surface area contributed by atoms with Crippen molar-refractivity contribution in [1.82, 2.24) is 9.36 Å². The van der Waals surface area contributed by atoms with Crippen LogP contribution in [0.25, 0.3) is 0 Å². The van der Waals surface area contributed by atoms with Crippen molar-refractivity contribution in [3.8, 4) is 0 Å². The van der Waals surface area contributed by atoms with Crippen molar-refractivity contribution in [2.24, 2.45) is 0 Å². The van der Waals surface area contributed by atoms with Gasteiger partial charge in [-0.05, 0) is 0 Å². The highest BCUT2D eigenvalue weighted by Gasteiger charge is 2.41. The fraction of sp³-hybridized carbons (Fsp3) is 0.818. The predicted octanol–water partition coefficient (Wildman–Crippen LogP) is 1.10. The van der Waals surface area contributed by atoms with E-state index in [-0.39, 0.29) is 5.60 Å². The molecule has 1 unspecified atom stereocenters. The van der Waals surface area contributed by atoms with Crippen LogP contribution in [0.2, 0.25) is 0 Å². The fourth-order valence-corrected chi connectivity index (χ4v) is 3.13. The highest BCUT2D eigenvalue weighted by atomic mass is 32.1. The number of nitrogens with zero attached hydrogens (tertiary/aromatic N) is 3. The summed E-state index contributed by atoms with van der Waals surface area (Å²) in [7, 11) is 0. The third kappa shape index (κ3) is 2.17. The Morgan fingerprint density at radius 1 is 1.47 bits per heavy atom. The second-order valence-corrected chi connectivity index (χ2v) is 5.33. The summed E-state index contributed by atoms with van der Waals surface area (Å²) in [6.45, 7) is 6.14. The summed E-state index contributed by atoms with van der Waals surface area (Å²) in [5.74, 6) is 0.938. The van der Waals surface area contributed by atoms with E-state index in [1.807, 2.05) is 0 Å². The van der Waals surface area contributed by atoms with Crippen molar-refractivity contribution in [3.05, 3.63) is 5.82 Å². The molecule has 6 heteroatoms. The number of ether oxygens (including phenoxy) is 2. The first kappa shape index (κ1) is 11.4. The first-order valence-electron chi connectivity index (χ1n) is 6.11. The first-order valence-corrected chi connectivity index (χ1v) is 6.88. The molecule has 0 aliphatic carbocycles. The smallest absolute Gasteiger partial charge is 0.205 e. The van der Waals surface area contributed by atoms with E-state index >= 15 is 0 Å². The monoisotopic (exact) mass is 255 g/mol. The second-order valence-electron chi connectivity index (χ2n) is 4.60. The molecule has 3 rings (SSSR count). The lowest BCUT2D eigenvalue weighted by molar-refractivity contribution is -0.0579. The maximum atomic E-state index is 5.90. The lowest BCUT2D eigenvalue weighted by Crippen LogP contribution is -2.52. The number of rotatable bonds is 2. The molecular formula is C11H17N3O2S. The fourth-order valence-electron chi connectivity index (χ4n) is 2.35. The van der Waals surface area contributed by atoms with Crippen molar-refractivity contribution >= 4 is 16.7 Å². The number of anilines is 1. The van der Waals surface area contributed by atoms with Crippen LogP contribution in [0.15, 0.2) is 0 Å². The Morgan fingerprint density at radius 2 is 2.41 bits per heavy atom. The molecule has 2 aliphatic rings. The Hall–Kier alpha value is -0.720. The van der Waals surface area contributed by atoms with Crippen LogP contribution >= 0.6 is 11.5 Å². The molecule has 0 N–H and O–H groups in total. The van der Waals surface area contributed by atoms with Crippen LogP contribution < -0.4 is 4.90 Å². The lowest BCUT2D eigenvalue weighted by atomic mass is 10.0. The molecule has 3 heterocycles. The third-order valence-electron chi connectivity index (χ3n) is 3.36. The molecule has 0 saturated carbocycles. The van der Waals surface area contributed by atoms with E-state index in [2.05, 4.69) is 21.2 Å². The number of hydrogen-bond donors (Lipinski definition) is 0. The largest absolute Gasteiger partial charge is 0.378 e. The van der Waals surface area contributed by atoms with Gasteiger partial charge in [0.05, 0.1) is 19.8 Å². The van der Waals surface area contributed by atoms with Crippen LogP contribution in [0.1, 0.15) is 19.2 Å². The Balaban J connectivity index is 1.74. The predicted molar refractivity (Wildman–Crippen MR) is 65.6 cm³/mol. The Kier molecular flexibility index (Phi) is 3.02. The van der Waals surface area contributed by atoms with Crippen LogP contribution in [-0.2, 0) is 15.9 Å². The molecule has 1 spiro atoms. The quantitative estimate of drug-likeness (QED) is 0.792. The number of aryl methyl sites for hydroxylation is 1. The Labute approximate surface area is 105 Å². The first-order chi connectivity index (χ1) is 8.31. The Bertz CT molecular complexity index is 390. The molecule has 5 nitrogen and oxygen atoms in total. The van der Waals surface area contributed by atoms with Crippen LogP contribution in [-0.4, -0.2) is 47.9 Å². The minimum absolute atomic E-state index is 0.101. The van der Waals surface area contributed by atoms with Crippen molar-refractivity contribution in [3.63, 3.8) is 0 Å². The summed E-state index contributed by atoms with van der Waals surface area (Å²) in [5, 5.41) is 1.02.